The molecule has 0 aliphatic heterocycles. The van der Waals surface area contributed by atoms with Gasteiger partial charge in [0.2, 0.25) is 5.95 Å². The molecular weight excluding hydrogens is 266 g/mol. The highest BCUT2D eigenvalue weighted by Crippen LogP contribution is 2.31. The van der Waals surface area contributed by atoms with Crippen LogP contribution in [-0.4, -0.2) is 23.8 Å². The van der Waals surface area contributed by atoms with Crippen molar-refractivity contribution in [1.82, 2.24) is 9.55 Å². The summed E-state index contributed by atoms with van der Waals surface area (Å²) in [5, 5.41) is 0. The largest absolute Gasteiger partial charge is 0.497 e. The molecule has 5 nitrogen and oxygen atoms in total. The minimum absolute atomic E-state index is 0.419. The third-order valence-corrected chi connectivity index (χ3v) is 3.46. The molecule has 21 heavy (non-hydrogen) atoms. The number of nitrogens with two attached hydrogens (primary N) is 1. The SMILES string of the molecule is COc1ccc2c(c1)nc(N)n2-c1cc(C)ccc1OC. The van der Waals surface area contributed by atoms with Gasteiger partial charge in [-0.05, 0) is 36.8 Å². The predicted octanol–water partition coefficient (Wildman–Crippen LogP) is 2.93. The van der Waals surface area contributed by atoms with E-state index in [1.165, 1.54) is 0 Å². The molecule has 0 aliphatic carbocycles. The Morgan fingerprint density at radius 1 is 1.05 bits per heavy atom. The second kappa shape index (κ2) is 5.01. The molecule has 0 radical (unpaired) electrons. The highest BCUT2D eigenvalue weighted by atomic mass is 16.5. The van der Waals surface area contributed by atoms with Crippen LogP contribution in [0.2, 0.25) is 0 Å². The van der Waals surface area contributed by atoms with Crippen molar-refractivity contribution in [2.75, 3.05) is 20.0 Å². The number of aromatic nitrogens is 2. The smallest absolute Gasteiger partial charge is 0.206 e. The molecule has 0 amide bonds. The average molecular weight is 283 g/mol. The monoisotopic (exact) mass is 283 g/mol. The molecular formula is C16H17N3O2. The van der Waals surface area contributed by atoms with E-state index < -0.39 is 0 Å². The van der Waals surface area contributed by atoms with Crippen molar-refractivity contribution >= 4 is 17.0 Å². The van der Waals surface area contributed by atoms with Gasteiger partial charge in [0.1, 0.15) is 11.5 Å². The number of hydrogen-bond acceptors (Lipinski definition) is 4. The second-order valence-electron chi connectivity index (χ2n) is 4.84. The number of imidazole rings is 1. The van der Waals surface area contributed by atoms with E-state index >= 15 is 0 Å². The van der Waals surface area contributed by atoms with E-state index in [1.54, 1.807) is 14.2 Å². The summed E-state index contributed by atoms with van der Waals surface area (Å²) in [6, 6.07) is 11.7. The van der Waals surface area contributed by atoms with Gasteiger partial charge in [-0.3, -0.25) is 4.57 Å². The molecule has 3 aromatic rings. The van der Waals surface area contributed by atoms with Gasteiger partial charge < -0.3 is 15.2 Å². The molecule has 108 valence electrons. The van der Waals surface area contributed by atoms with Gasteiger partial charge in [0.05, 0.1) is 30.9 Å². The number of aryl methyl sites for hydroxylation is 1. The van der Waals surface area contributed by atoms with Crippen molar-refractivity contribution in [1.29, 1.82) is 0 Å². The molecule has 1 heterocycles. The number of ether oxygens (including phenoxy) is 2. The van der Waals surface area contributed by atoms with Crippen LogP contribution in [0.15, 0.2) is 36.4 Å². The van der Waals surface area contributed by atoms with Crippen LogP contribution in [-0.2, 0) is 0 Å². The van der Waals surface area contributed by atoms with E-state index in [2.05, 4.69) is 4.98 Å². The zero-order valence-corrected chi connectivity index (χ0v) is 12.3. The fourth-order valence-corrected chi connectivity index (χ4v) is 2.43. The number of hydrogen-bond donors (Lipinski definition) is 1. The van der Waals surface area contributed by atoms with Crippen molar-refractivity contribution in [2.24, 2.45) is 0 Å². The normalized spacial score (nSPS) is 10.8. The molecule has 0 atom stereocenters. The van der Waals surface area contributed by atoms with Gasteiger partial charge in [-0.15, -0.1) is 0 Å². The number of nitrogens with zero attached hydrogens (tertiary/aromatic N) is 2. The van der Waals surface area contributed by atoms with E-state index in [1.807, 2.05) is 47.9 Å². The van der Waals surface area contributed by atoms with Crippen molar-refractivity contribution in [3.8, 4) is 17.2 Å². The van der Waals surface area contributed by atoms with Gasteiger partial charge in [0, 0.05) is 6.07 Å². The molecule has 0 saturated carbocycles. The number of fused-ring (bicyclic) bond motifs is 1. The zero-order valence-electron chi connectivity index (χ0n) is 12.3. The van der Waals surface area contributed by atoms with Gasteiger partial charge in [0.15, 0.2) is 0 Å². The lowest BCUT2D eigenvalue weighted by atomic mass is 10.2. The Morgan fingerprint density at radius 2 is 1.86 bits per heavy atom. The molecule has 1 aromatic heterocycles. The molecule has 0 unspecified atom stereocenters. The highest BCUT2D eigenvalue weighted by molar-refractivity contribution is 5.83. The molecule has 2 N–H and O–H groups in total. The van der Waals surface area contributed by atoms with E-state index in [4.69, 9.17) is 15.2 Å². The first-order valence-corrected chi connectivity index (χ1v) is 6.61. The summed E-state index contributed by atoms with van der Waals surface area (Å²) < 4.78 is 12.6. The summed E-state index contributed by atoms with van der Waals surface area (Å²) in [6.07, 6.45) is 0. The maximum atomic E-state index is 6.11. The third kappa shape index (κ3) is 2.16. The Kier molecular flexibility index (Phi) is 3.17. The maximum Gasteiger partial charge on any atom is 0.206 e. The lowest BCUT2D eigenvalue weighted by Gasteiger charge is -2.12. The first-order valence-electron chi connectivity index (χ1n) is 6.61. The minimum atomic E-state index is 0.419. The van der Waals surface area contributed by atoms with Crippen LogP contribution < -0.4 is 15.2 Å². The fraction of sp³-hybridized carbons (Fsp3) is 0.188. The Balaban J connectivity index is 2.30. The zero-order chi connectivity index (χ0) is 15.0. The van der Waals surface area contributed by atoms with Gasteiger partial charge in [-0.25, -0.2) is 4.98 Å². The van der Waals surface area contributed by atoms with Crippen LogP contribution in [0.1, 0.15) is 5.56 Å². The minimum Gasteiger partial charge on any atom is -0.497 e. The van der Waals surface area contributed by atoms with Gasteiger partial charge >= 0.3 is 0 Å². The Hall–Kier alpha value is -2.69. The van der Waals surface area contributed by atoms with Gasteiger partial charge in [-0.2, -0.15) is 0 Å². The van der Waals surface area contributed by atoms with Crippen LogP contribution in [0.3, 0.4) is 0 Å². The fourth-order valence-electron chi connectivity index (χ4n) is 2.43. The average Bonchev–Trinajstić information content (AvgIpc) is 2.81. The second-order valence-corrected chi connectivity index (χ2v) is 4.84. The van der Waals surface area contributed by atoms with Crippen LogP contribution in [0, 0.1) is 6.92 Å². The third-order valence-electron chi connectivity index (χ3n) is 3.46. The molecule has 0 bridgehead atoms. The van der Waals surface area contributed by atoms with Crippen LogP contribution in [0.5, 0.6) is 11.5 Å². The summed E-state index contributed by atoms with van der Waals surface area (Å²) in [5.41, 5.74) is 9.81. The van der Waals surface area contributed by atoms with E-state index in [9.17, 15) is 0 Å². The van der Waals surface area contributed by atoms with E-state index in [0.29, 0.717) is 5.95 Å². The molecule has 0 fully saturated rings. The summed E-state index contributed by atoms with van der Waals surface area (Å²) in [4.78, 5) is 4.41. The van der Waals surface area contributed by atoms with E-state index in [0.717, 1.165) is 33.8 Å². The Bertz CT molecular complexity index is 809. The van der Waals surface area contributed by atoms with Gasteiger partial charge in [0.25, 0.3) is 0 Å². The van der Waals surface area contributed by atoms with Crippen molar-refractivity contribution in [2.45, 2.75) is 6.92 Å². The van der Waals surface area contributed by atoms with Crippen molar-refractivity contribution in [3.63, 3.8) is 0 Å². The molecule has 0 saturated heterocycles. The first kappa shape index (κ1) is 13.3. The highest BCUT2D eigenvalue weighted by Gasteiger charge is 2.14. The summed E-state index contributed by atoms with van der Waals surface area (Å²) in [5.74, 6) is 1.92. The van der Waals surface area contributed by atoms with Gasteiger partial charge in [-0.1, -0.05) is 6.07 Å². The Labute approximate surface area is 122 Å². The van der Waals surface area contributed by atoms with Crippen LogP contribution >= 0.6 is 0 Å². The maximum absolute atomic E-state index is 6.11. The molecule has 5 heteroatoms. The van der Waals surface area contributed by atoms with Crippen molar-refractivity contribution < 1.29 is 9.47 Å². The standard InChI is InChI=1S/C16H17N3O2/c1-10-4-7-15(21-3)14(8-10)19-13-6-5-11(20-2)9-12(13)18-16(19)17/h4-9H,1-3H3,(H2,17,18). The predicted molar refractivity (Wildman–Crippen MR) is 83.3 cm³/mol. The topological polar surface area (TPSA) is 62.3 Å². The first-order chi connectivity index (χ1) is 10.1. The van der Waals surface area contributed by atoms with Crippen LogP contribution in [0.25, 0.3) is 16.7 Å². The number of anilines is 1. The lowest BCUT2D eigenvalue weighted by Crippen LogP contribution is -2.03. The summed E-state index contributed by atoms with van der Waals surface area (Å²) in [7, 11) is 3.28. The number of nitrogen functional groups attached to an aromatic ring is 1. The molecule has 3 rings (SSSR count). The molecule has 2 aromatic carbocycles. The quantitative estimate of drug-likeness (QED) is 0.802. The molecule has 0 aliphatic rings. The van der Waals surface area contributed by atoms with E-state index in [-0.39, 0.29) is 0 Å². The lowest BCUT2D eigenvalue weighted by molar-refractivity contribution is 0.413. The summed E-state index contributed by atoms with van der Waals surface area (Å²) in [6.45, 7) is 2.03. The van der Waals surface area contributed by atoms with Crippen LogP contribution in [0.4, 0.5) is 5.95 Å². The number of benzene rings is 2. The Morgan fingerprint density at radius 3 is 2.57 bits per heavy atom. The summed E-state index contributed by atoms with van der Waals surface area (Å²) >= 11 is 0. The molecule has 0 spiro atoms. The number of rotatable bonds is 3. The van der Waals surface area contributed by atoms with Crippen molar-refractivity contribution in [3.05, 3.63) is 42.0 Å². The number of methoxy groups -OCH3 is 2.